The van der Waals surface area contributed by atoms with Gasteiger partial charge in [-0.25, -0.2) is 32.1 Å². The van der Waals surface area contributed by atoms with Gasteiger partial charge < -0.3 is 14.3 Å². The third-order valence-electron chi connectivity index (χ3n) is 7.64. The second-order valence-electron chi connectivity index (χ2n) is 10.6. The number of nitrogens with one attached hydrogen (secondary N) is 1. The zero-order chi connectivity index (χ0) is 29.8. The molecule has 0 bridgehead atoms. The molecule has 10 nitrogen and oxygen atoms in total. The summed E-state index contributed by atoms with van der Waals surface area (Å²) < 4.78 is 50.1. The maximum Gasteiger partial charge on any atom is 0.321 e. The summed E-state index contributed by atoms with van der Waals surface area (Å²) >= 11 is 6.61. The van der Waals surface area contributed by atoms with Gasteiger partial charge in [-0.15, -0.1) is 0 Å². The molecule has 3 aromatic heterocycles. The second kappa shape index (κ2) is 10.8. The lowest BCUT2D eigenvalue weighted by atomic mass is 10.0. The molecule has 1 N–H and O–H groups in total. The molecule has 1 aliphatic rings. The van der Waals surface area contributed by atoms with Crippen LogP contribution in [0.2, 0.25) is 5.02 Å². The highest BCUT2D eigenvalue weighted by molar-refractivity contribution is 7.89. The molecule has 0 amide bonds. The van der Waals surface area contributed by atoms with Crippen LogP contribution in [0.3, 0.4) is 0 Å². The molecule has 6 rings (SSSR count). The van der Waals surface area contributed by atoms with Crippen molar-refractivity contribution in [2.24, 2.45) is 0 Å². The van der Waals surface area contributed by atoms with Crippen LogP contribution in [0.4, 0.5) is 4.39 Å². The highest BCUT2D eigenvalue weighted by atomic mass is 35.5. The molecule has 5 aromatic rings. The minimum Gasteiger partial charge on any atom is -0.424 e. The Hall–Kier alpha value is -3.87. The Kier molecular flexibility index (Phi) is 7.24. The summed E-state index contributed by atoms with van der Waals surface area (Å²) in [5.41, 5.74) is 1.40. The van der Waals surface area contributed by atoms with Crippen LogP contribution in [-0.4, -0.2) is 55.6 Å². The molecule has 0 atom stereocenters. The Labute approximate surface area is 246 Å². The number of aromatic amines is 1. The minimum absolute atomic E-state index is 0.0904. The molecule has 1 aliphatic heterocycles. The van der Waals surface area contributed by atoms with Crippen molar-refractivity contribution < 1.29 is 17.5 Å². The third-order valence-corrected chi connectivity index (χ3v) is 10.2. The van der Waals surface area contributed by atoms with Crippen LogP contribution in [0.15, 0.2) is 53.6 Å². The van der Waals surface area contributed by atoms with Gasteiger partial charge in [0, 0.05) is 54.1 Å². The first-order valence-electron chi connectivity index (χ1n) is 13.5. The lowest BCUT2D eigenvalue weighted by Crippen LogP contribution is -2.42. The van der Waals surface area contributed by atoms with E-state index in [-0.39, 0.29) is 28.2 Å². The van der Waals surface area contributed by atoms with Crippen molar-refractivity contribution in [2.45, 2.75) is 44.9 Å². The average molecular weight is 611 g/mol. The number of hydrogen-bond donors (Lipinski definition) is 1. The van der Waals surface area contributed by atoms with E-state index in [0.29, 0.717) is 59.5 Å². The van der Waals surface area contributed by atoms with Crippen LogP contribution < -0.4 is 10.3 Å². The van der Waals surface area contributed by atoms with Crippen molar-refractivity contribution in [1.82, 2.24) is 28.8 Å². The Morgan fingerprint density at radius 1 is 1.10 bits per heavy atom. The molecule has 42 heavy (non-hydrogen) atoms. The number of rotatable bonds is 6. The number of piperidine rings is 1. The number of sulfonamides is 1. The molecule has 0 unspecified atom stereocenters. The van der Waals surface area contributed by atoms with Crippen LogP contribution >= 0.6 is 11.6 Å². The molecule has 1 fully saturated rings. The highest BCUT2D eigenvalue weighted by Gasteiger charge is 2.32. The van der Waals surface area contributed by atoms with E-state index in [1.165, 1.54) is 10.4 Å². The Bertz CT molecular complexity index is 1990. The average Bonchev–Trinajstić information content (AvgIpc) is 3.31. The summed E-state index contributed by atoms with van der Waals surface area (Å²) in [6.45, 7) is 5.90. The van der Waals surface area contributed by atoms with Crippen LogP contribution in [0.1, 0.15) is 38.6 Å². The standard InChI is InChI=1S/C29H28ClFN6O4S/c1-16(2)42(39,40)36-11-7-18(8-12-36)37-17(3)34-26-27(37)22-14-21(24(31)15-25(22)35-28(26)38)20-6-5-19(13-23(20)30)41-29-32-9-4-10-33-29/h4-6,9-10,13-16,18H,7-8,11-12H2,1-3H3,(H,35,38). The molecule has 13 heteroatoms. The fraction of sp³-hybridized carbons (Fsp3) is 0.310. The van der Waals surface area contributed by atoms with Gasteiger partial charge in [-0.2, -0.15) is 0 Å². The number of halogens is 2. The van der Waals surface area contributed by atoms with E-state index in [1.807, 2.05) is 11.5 Å². The quantitative estimate of drug-likeness (QED) is 0.265. The van der Waals surface area contributed by atoms with Crippen molar-refractivity contribution in [3.8, 4) is 22.9 Å². The molecular formula is C29H28ClFN6O4S. The number of pyridine rings is 1. The number of benzene rings is 2. The number of imidazole rings is 1. The zero-order valence-corrected chi connectivity index (χ0v) is 24.7. The number of aryl methyl sites for hydroxylation is 1. The summed E-state index contributed by atoms with van der Waals surface area (Å²) in [5, 5.41) is 0.360. The molecule has 4 heterocycles. The maximum absolute atomic E-state index is 15.5. The first-order valence-corrected chi connectivity index (χ1v) is 15.4. The maximum atomic E-state index is 15.5. The van der Waals surface area contributed by atoms with Gasteiger partial charge >= 0.3 is 6.01 Å². The Morgan fingerprint density at radius 2 is 1.81 bits per heavy atom. The van der Waals surface area contributed by atoms with Gasteiger partial charge in [0.05, 0.1) is 21.3 Å². The molecule has 0 radical (unpaired) electrons. The fourth-order valence-corrected chi connectivity index (χ4v) is 7.13. The van der Waals surface area contributed by atoms with Crippen LogP contribution in [-0.2, 0) is 10.0 Å². The zero-order valence-electron chi connectivity index (χ0n) is 23.1. The van der Waals surface area contributed by atoms with Crippen LogP contribution in [0.5, 0.6) is 11.8 Å². The topological polar surface area (TPSA) is 123 Å². The van der Waals surface area contributed by atoms with Gasteiger partial charge in [0.1, 0.15) is 17.4 Å². The molecule has 0 aliphatic carbocycles. The highest BCUT2D eigenvalue weighted by Crippen LogP contribution is 2.38. The molecule has 218 valence electrons. The van der Waals surface area contributed by atoms with Crippen LogP contribution in [0, 0.1) is 12.7 Å². The minimum atomic E-state index is -3.37. The van der Waals surface area contributed by atoms with E-state index in [0.717, 1.165) is 0 Å². The number of nitrogens with zero attached hydrogens (tertiary/aromatic N) is 5. The van der Waals surface area contributed by atoms with E-state index in [2.05, 4.69) is 19.9 Å². The lowest BCUT2D eigenvalue weighted by molar-refractivity contribution is 0.274. The van der Waals surface area contributed by atoms with Crippen molar-refractivity contribution in [3.63, 3.8) is 0 Å². The van der Waals surface area contributed by atoms with Crippen molar-refractivity contribution >= 4 is 43.6 Å². The van der Waals surface area contributed by atoms with Gasteiger partial charge in [0.25, 0.3) is 5.56 Å². The molecular weight excluding hydrogens is 583 g/mol. The number of ether oxygens (including phenoxy) is 1. The second-order valence-corrected chi connectivity index (χ2v) is 13.5. The van der Waals surface area contributed by atoms with E-state index in [9.17, 15) is 13.2 Å². The van der Waals surface area contributed by atoms with Gasteiger partial charge in [0.15, 0.2) is 5.52 Å². The number of H-pyrrole nitrogens is 1. The monoisotopic (exact) mass is 610 g/mol. The largest absolute Gasteiger partial charge is 0.424 e. The SMILES string of the molecule is Cc1nc2c(=O)[nH]c3cc(F)c(-c4ccc(Oc5ncccn5)cc4Cl)cc3c2n1C1CCN(S(=O)(=O)C(C)C)CC1. The van der Waals surface area contributed by atoms with Crippen molar-refractivity contribution in [2.75, 3.05) is 13.1 Å². The van der Waals surface area contributed by atoms with Crippen molar-refractivity contribution in [3.05, 3.63) is 75.8 Å². The van der Waals surface area contributed by atoms with Gasteiger partial charge in [0.2, 0.25) is 10.0 Å². The van der Waals surface area contributed by atoms with Crippen molar-refractivity contribution in [1.29, 1.82) is 0 Å². The van der Waals surface area contributed by atoms with Gasteiger partial charge in [-0.3, -0.25) is 4.79 Å². The summed E-state index contributed by atoms with van der Waals surface area (Å²) in [5.74, 6) is 0.457. The normalized spacial score (nSPS) is 15.2. The first-order chi connectivity index (χ1) is 20.0. The first kappa shape index (κ1) is 28.3. The van der Waals surface area contributed by atoms with Gasteiger partial charge in [-0.1, -0.05) is 11.6 Å². The fourth-order valence-electron chi connectivity index (χ4n) is 5.54. The predicted molar refractivity (Wildman–Crippen MR) is 159 cm³/mol. The van der Waals surface area contributed by atoms with E-state index in [4.69, 9.17) is 16.3 Å². The van der Waals surface area contributed by atoms with E-state index < -0.39 is 26.6 Å². The molecule has 0 spiro atoms. The number of hydrogen-bond acceptors (Lipinski definition) is 7. The summed E-state index contributed by atoms with van der Waals surface area (Å²) in [7, 11) is -3.37. The Morgan fingerprint density at radius 3 is 2.48 bits per heavy atom. The van der Waals surface area contributed by atoms with E-state index >= 15 is 4.39 Å². The molecule has 1 saturated heterocycles. The third kappa shape index (κ3) is 4.93. The molecule has 2 aromatic carbocycles. The van der Waals surface area contributed by atoms with Crippen LogP contribution in [0.25, 0.3) is 33.1 Å². The smallest absolute Gasteiger partial charge is 0.321 e. The summed E-state index contributed by atoms with van der Waals surface area (Å²) in [6, 6.07) is 9.55. The number of fused-ring (bicyclic) bond motifs is 3. The Balaban J connectivity index is 1.43. The predicted octanol–water partition coefficient (Wildman–Crippen LogP) is 5.60. The summed E-state index contributed by atoms with van der Waals surface area (Å²) in [6.07, 6.45) is 4.21. The van der Waals surface area contributed by atoms with E-state index in [1.54, 1.807) is 56.6 Å². The lowest BCUT2D eigenvalue weighted by Gasteiger charge is -2.33. The summed E-state index contributed by atoms with van der Waals surface area (Å²) in [4.78, 5) is 28.4. The van der Waals surface area contributed by atoms with Gasteiger partial charge in [-0.05, 0) is 63.9 Å². The number of aromatic nitrogens is 5. The molecule has 0 saturated carbocycles.